The number of aromatic nitrogens is 3. The van der Waals surface area contributed by atoms with Crippen LogP contribution in [0.15, 0.2) is 47.3 Å². The standard InChI is InChI=1S/C21H22N4O3/c26-21-16-5-1-2-6-17(16)22-23-25(21)14-24-10-3-7-18(24)15-8-9-19-20(13-15)28-12-4-11-27-19/h1-2,5-6,8-9,13,18H,3-4,7,10-12,14H2/t18-/m1/s1. The van der Waals surface area contributed by atoms with Gasteiger partial charge in [-0.25, -0.2) is 0 Å². The van der Waals surface area contributed by atoms with Crippen LogP contribution in [0.4, 0.5) is 0 Å². The summed E-state index contributed by atoms with van der Waals surface area (Å²) in [4.78, 5) is 15.1. The quantitative estimate of drug-likeness (QED) is 0.698. The van der Waals surface area contributed by atoms with Gasteiger partial charge in [-0.2, -0.15) is 4.68 Å². The first-order valence-corrected chi connectivity index (χ1v) is 9.76. The molecule has 1 fully saturated rings. The number of benzene rings is 2. The molecule has 0 unspecified atom stereocenters. The van der Waals surface area contributed by atoms with E-state index in [1.165, 1.54) is 10.2 Å². The Kier molecular flexibility index (Phi) is 4.44. The van der Waals surface area contributed by atoms with Gasteiger partial charge in [-0.15, -0.1) is 5.10 Å². The molecule has 7 nitrogen and oxygen atoms in total. The van der Waals surface area contributed by atoms with Crippen molar-refractivity contribution in [1.29, 1.82) is 0 Å². The van der Waals surface area contributed by atoms with E-state index >= 15 is 0 Å². The summed E-state index contributed by atoms with van der Waals surface area (Å²) in [7, 11) is 0. The van der Waals surface area contributed by atoms with Gasteiger partial charge < -0.3 is 9.47 Å². The fraction of sp³-hybridized carbons (Fsp3) is 0.381. The van der Waals surface area contributed by atoms with Crippen LogP contribution in [-0.4, -0.2) is 39.7 Å². The first-order chi connectivity index (χ1) is 13.8. The molecule has 0 N–H and O–H groups in total. The Labute approximate surface area is 162 Å². The molecule has 0 amide bonds. The second-order valence-electron chi connectivity index (χ2n) is 7.28. The number of likely N-dealkylation sites (tertiary alicyclic amines) is 1. The normalized spacial score (nSPS) is 19.6. The zero-order valence-corrected chi connectivity index (χ0v) is 15.6. The third-order valence-corrected chi connectivity index (χ3v) is 5.46. The summed E-state index contributed by atoms with van der Waals surface area (Å²) in [5.74, 6) is 1.62. The summed E-state index contributed by atoms with van der Waals surface area (Å²) in [6.45, 7) is 2.70. The molecule has 3 heterocycles. The maximum absolute atomic E-state index is 12.8. The van der Waals surface area contributed by atoms with Crippen LogP contribution in [0.25, 0.3) is 10.9 Å². The Balaban J connectivity index is 1.43. The van der Waals surface area contributed by atoms with Crippen molar-refractivity contribution in [3.8, 4) is 11.5 Å². The van der Waals surface area contributed by atoms with E-state index in [1.807, 2.05) is 24.3 Å². The number of nitrogens with zero attached hydrogens (tertiary/aromatic N) is 4. The average Bonchev–Trinajstić information content (AvgIpc) is 3.06. The Morgan fingerprint density at radius 1 is 1.04 bits per heavy atom. The highest BCUT2D eigenvalue weighted by Crippen LogP contribution is 2.37. The molecule has 7 heteroatoms. The predicted octanol–water partition coefficient (Wildman–Crippen LogP) is 2.75. The molecule has 0 aliphatic carbocycles. The van der Waals surface area contributed by atoms with Crippen LogP contribution in [0.5, 0.6) is 11.5 Å². The van der Waals surface area contributed by atoms with Gasteiger partial charge in [0.2, 0.25) is 0 Å². The fourth-order valence-corrected chi connectivity index (χ4v) is 4.05. The smallest absolute Gasteiger partial charge is 0.278 e. The summed E-state index contributed by atoms with van der Waals surface area (Å²) in [5.41, 5.74) is 1.71. The highest BCUT2D eigenvalue weighted by Gasteiger charge is 2.28. The number of hydrogen-bond donors (Lipinski definition) is 0. The van der Waals surface area contributed by atoms with Crippen LogP contribution in [-0.2, 0) is 6.67 Å². The minimum absolute atomic E-state index is 0.102. The maximum atomic E-state index is 12.8. The van der Waals surface area contributed by atoms with Gasteiger partial charge in [0, 0.05) is 19.0 Å². The molecule has 0 spiro atoms. The summed E-state index contributed by atoms with van der Waals surface area (Å²) in [6, 6.07) is 13.7. The second-order valence-corrected chi connectivity index (χ2v) is 7.28. The number of rotatable bonds is 3. The van der Waals surface area contributed by atoms with Crippen molar-refractivity contribution in [3.63, 3.8) is 0 Å². The van der Waals surface area contributed by atoms with E-state index in [1.54, 1.807) is 6.07 Å². The Bertz CT molecular complexity index is 1060. The SMILES string of the molecule is O=c1c2ccccc2nnn1CN1CCC[C@@H]1c1ccc2c(c1)OCCCO2. The predicted molar refractivity (Wildman–Crippen MR) is 105 cm³/mol. The van der Waals surface area contributed by atoms with Crippen molar-refractivity contribution in [2.75, 3.05) is 19.8 Å². The highest BCUT2D eigenvalue weighted by molar-refractivity contribution is 5.76. The van der Waals surface area contributed by atoms with Crippen LogP contribution in [0.3, 0.4) is 0 Å². The Hall–Kier alpha value is -2.93. The second kappa shape index (κ2) is 7.24. The fourth-order valence-electron chi connectivity index (χ4n) is 4.05. The molecule has 1 saturated heterocycles. The summed E-state index contributed by atoms with van der Waals surface area (Å²) in [6.07, 6.45) is 3.01. The van der Waals surface area contributed by atoms with Crippen molar-refractivity contribution in [3.05, 3.63) is 58.4 Å². The monoisotopic (exact) mass is 378 g/mol. The minimum atomic E-state index is -0.102. The molecule has 28 heavy (non-hydrogen) atoms. The lowest BCUT2D eigenvalue weighted by molar-refractivity contribution is 0.184. The van der Waals surface area contributed by atoms with E-state index in [2.05, 4.69) is 27.3 Å². The van der Waals surface area contributed by atoms with Crippen molar-refractivity contribution in [2.24, 2.45) is 0 Å². The molecular formula is C21H22N4O3. The molecule has 2 aliphatic rings. The summed E-state index contributed by atoms with van der Waals surface area (Å²) >= 11 is 0. The number of fused-ring (bicyclic) bond motifs is 2. The van der Waals surface area contributed by atoms with Gasteiger partial charge in [0.15, 0.2) is 11.5 Å². The van der Waals surface area contributed by atoms with Crippen molar-refractivity contribution in [1.82, 2.24) is 19.9 Å². The number of hydrogen-bond acceptors (Lipinski definition) is 6. The molecular weight excluding hydrogens is 356 g/mol. The average molecular weight is 378 g/mol. The number of ether oxygens (including phenoxy) is 2. The van der Waals surface area contributed by atoms with Crippen LogP contribution < -0.4 is 15.0 Å². The molecule has 0 saturated carbocycles. The van der Waals surface area contributed by atoms with E-state index in [0.717, 1.165) is 37.3 Å². The lowest BCUT2D eigenvalue weighted by atomic mass is 10.0. The molecule has 1 aromatic heterocycles. The van der Waals surface area contributed by atoms with Gasteiger partial charge in [0.05, 0.1) is 25.3 Å². The van der Waals surface area contributed by atoms with E-state index < -0.39 is 0 Å². The van der Waals surface area contributed by atoms with Gasteiger partial charge in [-0.3, -0.25) is 9.69 Å². The highest BCUT2D eigenvalue weighted by atomic mass is 16.5. The van der Waals surface area contributed by atoms with Gasteiger partial charge in [-0.05, 0) is 42.7 Å². The van der Waals surface area contributed by atoms with Crippen LogP contribution >= 0.6 is 0 Å². The largest absolute Gasteiger partial charge is 0.490 e. The maximum Gasteiger partial charge on any atom is 0.278 e. The van der Waals surface area contributed by atoms with Crippen molar-refractivity contribution < 1.29 is 9.47 Å². The zero-order chi connectivity index (χ0) is 18.9. The third-order valence-electron chi connectivity index (χ3n) is 5.46. The summed E-state index contributed by atoms with van der Waals surface area (Å²) < 4.78 is 13.1. The molecule has 2 aliphatic heterocycles. The lowest BCUT2D eigenvalue weighted by Crippen LogP contribution is -2.34. The van der Waals surface area contributed by atoms with Crippen molar-refractivity contribution in [2.45, 2.75) is 32.0 Å². The first kappa shape index (κ1) is 17.2. The molecule has 0 bridgehead atoms. The van der Waals surface area contributed by atoms with E-state index in [9.17, 15) is 4.79 Å². The van der Waals surface area contributed by atoms with Crippen LogP contribution in [0.1, 0.15) is 30.9 Å². The van der Waals surface area contributed by atoms with E-state index in [4.69, 9.17) is 9.47 Å². The summed E-state index contributed by atoms with van der Waals surface area (Å²) in [5, 5.41) is 8.95. The van der Waals surface area contributed by atoms with E-state index in [-0.39, 0.29) is 11.6 Å². The van der Waals surface area contributed by atoms with Gasteiger partial charge in [0.25, 0.3) is 5.56 Å². The minimum Gasteiger partial charge on any atom is -0.490 e. The van der Waals surface area contributed by atoms with Gasteiger partial charge in [-0.1, -0.05) is 23.4 Å². The Morgan fingerprint density at radius 3 is 2.82 bits per heavy atom. The van der Waals surface area contributed by atoms with Crippen molar-refractivity contribution >= 4 is 10.9 Å². The molecule has 2 aromatic carbocycles. The zero-order valence-electron chi connectivity index (χ0n) is 15.6. The molecule has 1 atom stereocenters. The van der Waals surface area contributed by atoms with Crippen LogP contribution in [0, 0.1) is 0 Å². The first-order valence-electron chi connectivity index (χ1n) is 9.76. The molecule has 0 radical (unpaired) electrons. The Morgan fingerprint density at radius 2 is 1.89 bits per heavy atom. The molecule has 3 aromatic rings. The lowest BCUT2D eigenvalue weighted by Gasteiger charge is -2.25. The topological polar surface area (TPSA) is 69.5 Å². The molecule has 144 valence electrons. The van der Waals surface area contributed by atoms with E-state index in [0.29, 0.717) is 30.8 Å². The van der Waals surface area contributed by atoms with Gasteiger partial charge in [0.1, 0.15) is 5.52 Å². The molecule has 5 rings (SSSR count). The third kappa shape index (κ3) is 3.11. The van der Waals surface area contributed by atoms with Gasteiger partial charge >= 0.3 is 0 Å². The van der Waals surface area contributed by atoms with Crippen LogP contribution in [0.2, 0.25) is 0 Å².